The Kier molecular flexibility index (Phi) is 3.91. The summed E-state index contributed by atoms with van der Waals surface area (Å²) in [5.41, 5.74) is -0.718. The van der Waals surface area contributed by atoms with Gasteiger partial charge < -0.3 is 9.80 Å². The first-order valence-electron chi connectivity index (χ1n) is 5.78. The first kappa shape index (κ1) is 13.0. The molecule has 0 aromatic heterocycles. The zero-order valence-electron chi connectivity index (χ0n) is 10.5. The number of amides is 3. The molecule has 5 heteroatoms. The summed E-state index contributed by atoms with van der Waals surface area (Å²) < 4.78 is 0. The summed E-state index contributed by atoms with van der Waals surface area (Å²) in [6.07, 6.45) is 0. The summed E-state index contributed by atoms with van der Waals surface area (Å²) >= 11 is 0. The largest absolute Gasteiger partial charge is 0.325 e. The van der Waals surface area contributed by atoms with E-state index in [0.29, 0.717) is 6.54 Å². The van der Waals surface area contributed by atoms with Gasteiger partial charge in [0, 0.05) is 13.1 Å². The van der Waals surface area contributed by atoms with Gasteiger partial charge in [-0.2, -0.15) is 0 Å². The van der Waals surface area contributed by atoms with E-state index in [1.807, 2.05) is 0 Å². The van der Waals surface area contributed by atoms with Crippen LogP contribution >= 0.6 is 0 Å². The van der Waals surface area contributed by atoms with Gasteiger partial charge in [-0.05, 0) is 26.9 Å². The molecule has 1 heterocycles. The number of carbonyl (C=O) groups excluding carboxylic acids is 2. The van der Waals surface area contributed by atoms with Gasteiger partial charge in [0.2, 0.25) is 0 Å². The molecule has 1 fully saturated rings. The van der Waals surface area contributed by atoms with E-state index in [-0.39, 0.29) is 11.9 Å². The summed E-state index contributed by atoms with van der Waals surface area (Å²) in [5.74, 6) is -0.211. The van der Waals surface area contributed by atoms with Crippen molar-refractivity contribution in [2.75, 3.05) is 26.2 Å². The van der Waals surface area contributed by atoms with Crippen LogP contribution in [0.25, 0.3) is 0 Å². The van der Waals surface area contributed by atoms with E-state index in [9.17, 15) is 9.59 Å². The Morgan fingerprint density at radius 2 is 1.81 bits per heavy atom. The third-order valence-corrected chi connectivity index (χ3v) is 3.23. The molecule has 1 aliphatic rings. The number of likely N-dealkylation sites (N-methyl/N-ethyl adjacent to an activating group) is 1. The van der Waals surface area contributed by atoms with E-state index >= 15 is 0 Å². The van der Waals surface area contributed by atoms with Gasteiger partial charge in [-0.25, -0.2) is 4.79 Å². The second-order valence-corrected chi connectivity index (χ2v) is 4.50. The van der Waals surface area contributed by atoms with Gasteiger partial charge in [0.05, 0.1) is 0 Å². The molecule has 0 spiro atoms. The highest BCUT2D eigenvalue weighted by Crippen LogP contribution is 2.20. The highest BCUT2D eigenvalue weighted by atomic mass is 16.2. The maximum Gasteiger partial charge on any atom is 0.325 e. The summed E-state index contributed by atoms with van der Waals surface area (Å²) in [6.45, 7) is 11.0. The molecule has 1 rings (SSSR count). The molecule has 16 heavy (non-hydrogen) atoms. The lowest BCUT2D eigenvalue weighted by Gasteiger charge is -2.30. The predicted molar refractivity (Wildman–Crippen MR) is 62.1 cm³/mol. The van der Waals surface area contributed by atoms with Gasteiger partial charge in [-0.1, -0.05) is 13.8 Å². The topological polar surface area (TPSA) is 52.6 Å². The number of nitrogens with one attached hydrogen (secondary N) is 1. The minimum atomic E-state index is -0.718. The van der Waals surface area contributed by atoms with Gasteiger partial charge >= 0.3 is 6.03 Å². The Morgan fingerprint density at radius 1 is 1.25 bits per heavy atom. The molecule has 0 aromatic rings. The summed E-state index contributed by atoms with van der Waals surface area (Å²) in [7, 11) is 0. The fraction of sp³-hybridized carbons (Fsp3) is 0.818. The molecule has 0 saturated carbocycles. The molecule has 0 aromatic carbocycles. The highest BCUT2D eigenvalue weighted by molar-refractivity contribution is 6.06. The first-order chi connectivity index (χ1) is 7.43. The van der Waals surface area contributed by atoms with Crippen LogP contribution in [0.15, 0.2) is 0 Å². The van der Waals surface area contributed by atoms with Crippen LogP contribution in [0.3, 0.4) is 0 Å². The zero-order valence-corrected chi connectivity index (χ0v) is 10.5. The molecule has 0 atom stereocenters. The summed E-state index contributed by atoms with van der Waals surface area (Å²) in [5, 5.41) is 2.35. The maximum absolute atomic E-state index is 11.6. The molecule has 0 radical (unpaired) electrons. The lowest BCUT2D eigenvalue weighted by molar-refractivity contribution is -0.125. The second-order valence-electron chi connectivity index (χ2n) is 4.50. The fourth-order valence-electron chi connectivity index (χ4n) is 1.86. The van der Waals surface area contributed by atoms with Gasteiger partial charge in [-0.3, -0.25) is 10.1 Å². The molecule has 1 saturated heterocycles. The predicted octanol–water partition coefficient (Wildman–Crippen LogP) is 0.659. The van der Waals surface area contributed by atoms with Crippen molar-refractivity contribution < 1.29 is 9.59 Å². The van der Waals surface area contributed by atoms with Crippen LogP contribution in [0.1, 0.15) is 27.7 Å². The molecule has 0 bridgehead atoms. The van der Waals surface area contributed by atoms with Crippen LogP contribution in [0, 0.1) is 0 Å². The van der Waals surface area contributed by atoms with Crippen LogP contribution in [-0.4, -0.2) is 53.5 Å². The number of rotatable bonds is 5. The van der Waals surface area contributed by atoms with Crippen molar-refractivity contribution in [2.45, 2.75) is 33.2 Å². The third kappa shape index (κ3) is 2.35. The van der Waals surface area contributed by atoms with E-state index in [2.05, 4.69) is 24.1 Å². The Morgan fingerprint density at radius 3 is 2.19 bits per heavy atom. The minimum Gasteiger partial charge on any atom is -0.309 e. The second kappa shape index (κ2) is 4.82. The van der Waals surface area contributed by atoms with Gasteiger partial charge in [0.1, 0.15) is 5.54 Å². The van der Waals surface area contributed by atoms with Crippen LogP contribution in [0.4, 0.5) is 4.79 Å². The number of nitrogens with zero attached hydrogens (tertiary/aromatic N) is 2. The molecule has 1 N–H and O–H groups in total. The molecule has 5 nitrogen and oxygen atoms in total. The molecule has 0 unspecified atom stereocenters. The van der Waals surface area contributed by atoms with E-state index in [1.165, 1.54) is 0 Å². The summed E-state index contributed by atoms with van der Waals surface area (Å²) in [6, 6.07) is -0.276. The molecular weight excluding hydrogens is 206 g/mol. The van der Waals surface area contributed by atoms with E-state index in [1.54, 1.807) is 18.7 Å². The summed E-state index contributed by atoms with van der Waals surface area (Å²) in [4.78, 5) is 26.9. The zero-order chi connectivity index (χ0) is 12.3. The molecular formula is C11H21N3O2. The normalized spacial score (nSPS) is 19.4. The monoisotopic (exact) mass is 227 g/mol. The number of urea groups is 1. The average molecular weight is 227 g/mol. The first-order valence-corrected chi connectivity index (χ1v) is 5.78. The van der Waals surface area contributed by atoms with Crippen LogP contribution in [-0.2, 0) is 4.79 Å². The number of carbonyl (C=O) groups is 2. The third-order valence-electron chi connectivity index (χ3n) is 3.23. The van der Waals surface area contributed by atoms with Gasteiger partial charge in [0.25, 0.3) is 5.91 Å². The van der Waals surface area contributed by atoms with Crippen molar-refractivity contribution in [3.63, 3.8) is 0 Å². The SMILES string of the molecule is CCN(CC)CCN1C(=O)NC(=O)C1(C)C. The number of hydrogen-bond donors (Lipinski definition) is 1. The highest BCUT2D eigenvalue weighted by Gasteiger charge is 2.45. The van der Waals surface area contributed by atoms with Crippen molar-refractivity contribution in [3.05, 3.63) is 0 Å². The van der Waals surface area contributed by atoms with Crippen molar-refractivity contribution in [1.82, 2.24) is 15.1 Å². The fourth-order valence-corrected chi connectivity index (χ4v) is 1.86. The minimum absolute atomic E-state index is 0.211. The Hall–Kier alpha value is -1.10. The van der Waals surface area contributed by atoms with Gasteiger partial charge in [-0.15, -0.1) is 0 Å². The van der Waals surface area contributed by atoms with Crippen molar-refractivity contribution in [3.8, 4) is 0 Å². The van der Waals surface area contributed by atoms with Crippen LogP contribution in [0.5, 0.6) is 0 Å². The lowest BCUT2D eigenvalue weighted by Crippen LogP contribution is -2.47. The quantitative estimate of drug-likeness (QED) is 0.702. The maximum atomic E-state index is 11.6. The standard InChI is InChI=1S/C11H21N3O2/c1-5-13(6-2)7-8-14-10(16)12-9(15)11(14,3)4/h5-8H2,1-4H3,(H,12,15,16). The van der Waals surface area contributed by atoms with Crippen molar-refractivity contribution >= 4 is 11.9 Å². The van der Waals surface area contributed by atoms with Crippen molar-refractivity contribution in [1.29, 1.82) is 0 Å². The molecule has 0 aliphatic carbocycles. The molecule has 92 valence electrons. The lowest BCUT2D eigenvalue weighted by atomic mass is 10.0. The van der Waals surface area contributed by atoms with E-state index in [0.717, 1.165) is 19.6 Å². The molecule has 3 amide bonds. The van der Waals surface area contributed by atoms with Crippen LogP contribution in [0.2, 0.25) is 0 Å². The Labute approximate surface area is 96.8 Å². The average Bonchev–Trinajstić information content (AvgIpc) is 2.41. The number of hydrogen-bond acceptors (Lipinski definition) is 3. The van der Waals surface area contributed by atoms with Crippen molar-refractivity contribution in [2.24, 2.45) is 0 Å². The van der Waals surface area contributed by atoms with Gasteiger partial charge in [0.15, 0.2) is 0 Å². The molecule has 1 aliphatic heterocycles. The number of imide groups is 1. The van der Waals surface area contributed by atoms with Crippen LogP contribution < -0.4 is 5.32 Å². The Bertz CT molecular complexity index is 285. The van der Waals surface area contributed by atoms with E-state index in [4.69, 9.17) is 0 Å². The smallest absolute Gasteiger partial charge is 0.309 e. The van der Waals surface area contributed by atoms with E-state index < -0.39 is 5.54 Å². The Balaban J connectivity index is 2.60.